The molecule has 0 unspecified atom stereocenters. The molecule has 16 aromatic rings. The number of para-hydroxylation sites is 6. The Bertz CT molecular complexity index is 4460. The van der Waals surface area contributed by atoms with Gasteiger partial charge in [-0.15, -0.1) is 0 Å². The maximum absolute atomic E-state index is 2.54. The predicted octanol–water partition coefficient (Wildman–Crippen LogP) is 17.6. The zero-order valence-corrected chi connectivity index (χ0v) is 35.7. The van der Waals surface area contributed by atoms with E-state index in [9.17, 15) is 0 Å². The Kier molecular flexibility index (Phi) is 6.58. The lowest BCUT2D eigenvalue weighted by atomic mass is 9.83. The first-order valence-electron chi connectivity index (χ1n) is 23.0. The van der Waals surface area contributed by atoms with Crippen molar-refractivity contribution < 1.29 is 0 Å². The van der Waals surface area contributed by atoms with Crippen molar-refractivity contribution in [2.24, 2.45) is 0 Å². The molecule has 12 aromatic carbocycles. The average Bonchev–Trinajstić information content (AvgIpc) is 4.11. The SMILES string of the molecule is c1ccc2c(-c3c4cccc(-c5cccc6c7cccc8c9ccccc9n(c56)c87)c4cc4c(-c5cccc6c7cccc8c9ccccc9n(c56)c87)cccc34)c3ccccc3cc2c1. The molecule has 302 valence electrons. The number of hydrogen-bond donors (Lipinski definition) is 0. The van der Waals surface area contributed by atoms with Crippen molar-refractivity contribution in [2.75, 3.05) is 0 Å². The Morgan fingerprint density at radius 1 is 0.197 bits per heavy atom. The molecule has 0 saturated carbocycles. The van der Waals surface area contributed by atoms with Crippen molar-refractivity contribution in [3.8, 4) is 33.4 Å². The highest BCUT2D eigenvalue weighted by Crippen LogP contribution is 2.51. The van der Waals surface area contributed by atoms with E-state index >= 15 is 0 Å². The van der Waals surface area contributed by atoms with Crippen molar-refractivity contribution in [1.29, 1.82) is 0 Å². The van der Waals surface area contributed by atoms with Gasteiger partial charge < -0.3 is 8.80 Å². The summed E-state index contributed by atoms with van der Waals surface area (Å²) in [5.41, 5.74) is 15.1. The van der Waals surface area contributed by atoms with Crippen LogP contribution in [0.3, 0.4) is 0 Å². The van der Waals surface area contributed by atoms with Crippen LogP contribution in [0.25, 0.3) is 153 Å². The van der Waals surface area contributed by atoms with Crippen molar-refractivity contribution in [3.05, 3.63) is 218 Å². The Balaban J connectivity index is 1.11. The van der Waals surface area contributed by atoms with Gasteiger partial charge in [0.1, 0.15) is 0 Å². The molecular formula is C64H36N2. The summed E-state index contributed by atoms with van der Waals surface area (Å²) < 4.78 is 5.09. The third kappa shape index (κ3) is 4.27. The molecule has 2 heteroatoms. The Morgan fingerprint density at radius 3 is 0.985 bits per heavy atom. The summed E-state index contributed by atoms with van der Waals surface area (Å²) in [4.78, 5) is 0. The fraction of sp³-hybridized carbons (Fsp3) is 0. The fourth-order valence-corrected chi connectivity index (χ4v) is 12.6. The molecule has 2 nitrogen and oxygen atoms in total. The average molecular weight is 833 g/mol. The second-order valence-electron chi connectivity index (χ2n) is 18.3. The molecule has 16 rings (SSSR count). The first-order chi connectivity index (χ1) is 32.8. The first-order valence-corrected chi connectivity index (χ1v) is 23.0. The second-order valence-corrected chi connectivity index (χ2v) is 18.3. The zero-order valence-electron chi connectivity index (χ0n) is 35.7. The summed E-state index contributed by atoms with van der Waals surface area (Å²) in [6.07, 6.45) is 0. The van der Waals surface area contributed by atoms with E-state index in [2.05, 4.69) is 227 Å². The molecule has 0 fully saturated rings. The van der Waals surface area contributed by atoms with Gasteiger partial charge in [0.25, 0.3) is 0 Å². The molecule has 0 aliphatic heterocycles. The van der Waals surface area contributed by atoms with Crippen LogP contribution in [0.5, 0.6) is 0 Å². The van der Waals surface area contributed by atoms with E-state index in [1.807, 2.05) is 0 Å². The molecule has 66 heavy (non-hydrogen) atoms. The third-order valence-electron chi connectivity index (χ3n) is 15.1. The van der Waals surface area contributed by atoms with Gasteiger partial charge in [0, 0.05) is 54.2 Å². The molecule has 0 amide bonds. The molecule has 0 spiro atoms. The smallest absolute Gasteiger partial charge is 0.0620 e. The fourth-order valence-electron chi connectivity index (χ4n) is 12.6. The lowest BCUT2D eigenvalue weighted by Crippen LogP contribution is -1.94. The van der Waals surface area contributed by atoms with Crippen LogP contribution in [0, 0.1) is 0 Å². The van der Waals surface area contributed by atoms with E-state index in [1.165, 1.54) is 153 Å². The van der Waals surface area contributed by atoms with Gasteiger partial charge in [0.2, 0.25) is 0 Å². The minimum Gasteiger partial charge on any atom is -0.307 e. The summed E-state index contributed by atoms with van der Waals surface area (Å²) in [6, 6.07) is 82.2. The molecular weight excluding hydrogens is 797 g/mol. The molecule has 0 N–H and O–H groups in total. The van der Waals surface area contributed by atoms with Gasteiger partial charge in [0.15, 0.2) is 0 Å². The quantitative estimate of drug-likeness (QED) is 0.157. The Labute approximate surface area is 378 Å². The van der Waals surface area contributed by atoms with Crippen LogP contribution in [0.15, 0.2) is 218 Å². The van der Waals surface area contributed by atoms with E-state index in [-0.39, 0.29) is 0 Å². The second kappa shape index (κ2) is 12.5. The first kappa shape index (κ1) is 34.7. The van der Waals surface area contributed by atoms with E-state index in [4.69, 9.17) is 0 Å². The predicted molar refractivity (Wildman–Crippen MR) is 282 cm³/mol. The lowest BCUT2D eigenvalue weighted by molar-refractivity contribution is 1.37. The van der Waals surface area contributed by atoms with Gasteiger partial charge in [-0.25, -0.2) is 0 Å². The van der Waals surface area contributed by atoms with E-state index < -0.39 is 0 Å². The van der Waals surface area contributed by atoms with Gasteiger partial charge in [-0.05, 0) is 89.6 Å². The lowest BCUT2D eigenvalue weighted by Gasteiger charge is -2.20. The van der Waals surface area contributed by atoms with Gasteiger partial charge in [-0.1, -0.05) is 194 Å². The van der Waals surface area contributed by atoms with Crippen LogP contribution in [-0.4, -0.2) is 8.80 Å². The van der Waals surface area contributed by atoms with Gasteiger partial charge in [0.05, 0.1) is 33.1 Å². The largest absolute Gasteiger partial charge is 0.307 e. The summed E-state index contributed by atoms with van der Waals surface area (Å²) >= 11 is 0. The summed E-state index contributed by atoms with van der Waals surface area (Å²) in [5, 5.41) is 20.3. The number of nitrogens with zero attached hydrogens (tertiary/aromatic N) is 2. The topological polar surface area (TPSA) is 8.82 Å². The summed E-state index contributed by atoms with van der Waals surface area (Å²) in [5.74, 6) is 0. The highest BCUT2D eigenvalue weighted by molar-refractivity contribution is 6.30. The van der Waals surface area contributed by atoms with E-state index in [0.29, 0.717) is 0 Å². The minimum absolute atomic E-state index is 1.23. The van der Waals surface area contributed by atoms with Gasteiger partial charge in [-0.2, -0.15) is 0 Å². The van der Waals surface area contributed by atoms with E-state index in [1.54, 1.807) is 0 Å². The van der Waals surface area contributed by atoms with Crippen molar-refractivity contribution in [1.82, 2.24) is 8.80 Å². The van der Waals surface area contributed by atoms with Crippen LogP contribution in [0.4, 0.5) is 0 Å². The van der Waals surface area contributed by atoms with Crippen molar-refractivity contribution in [2.45, 2.75) is 0 Å². The number of fused-ring (bicyclic) bond motifs is 16. The number of hydrogen-bond acceptors (Lipinski definition) is 0. The van der Waals surface area contributed by atoms with Gasteiger partial charge >= 0.3 is 0 Å². The van der Waals surface area contributed by atoms with Crippen LogP contribution in [0.2, 0.25) is 0 Å². The molecule has 4 heterocycles. The Morgan fingerprint density at radius 2 is 0.515 bits per heavy atom. The van der Waals surface area contributed by atoms with Crippen LogP contribution in [-0.2, 0) is 0 Å². The molecule has 0 saturated heterocycles. The minimum atomic E-state index is 1.23. The molecule has 0 aliphatic rings. The van der Waals surface area contributed by atoms with Gasteiger partial charge in [-0.3, -0.25) is 0 Å². The maximum Gasteiger partial charge on any atom is 0.0620 e. The maximum atomic E-state index is 2.54. The zero-order chi connectivity index (χ0) is 42.8. The highest BCUT2D eigenvalue weighted by Gasteiger charge is 2.25. The molecule has 4 aromatic heterocycles. The van der Waals surface area contributed by atoms with Crippen molar-refractivity contribution >= 4 is 119 Å². The van der Waals surface area contributed by atoms with Crippen LogP contribution in [0.1, 0.15) is 0 Å². The standard InChI is InChI=1S/C64H36N2/c1-3-17-39-37(15-1)35-38-16-2-4-18-40(38)59(39)60-45-23-9-21-41(47-25-11-29-51-53-31-13-27-49-43-19-5-7-33-57(43)65(61(47)51)63(49)53)55(45)36-56-42(22-10-24-46(56)60)48-26-12-30-52-54-32-14-28-50-44-20-6-8-34-58(44)66(62(48)52)64(50)54/h1-36H. The number of rotatable bonds is 3. The van der Waals surface area contributed by atoms with Crippen LogP contribution >= 0.6 is 0 Å². The van der Waals surface area contributed by atoms with E-state index in [0.717, 1.165) is 0 Å². The summed E-state index contributed by atoms with van der Waals surface area (Å²) in [6.45, 7) is 0. The van der Waals surface area contributed by atoms with Crippen molar-refractivity contribution in [3.63, 3.8) is 0 Å². The molecule has 0 bridgehead atoms. The van der Waals surface area contributed by atoms with Crippen LogP contribution < -0.4 is 0 Å². The molecule has 0 aliphatic carbocycles. The Hall–Kier alpha value is -8.72. The highest BCUT2D eigenvalue weighted by atomic mass is 14.9. The number of aromatic nitrogens is 2. The molecule has 0 atom stereocenters. The summed E-state index contributed by atoms with van der Waals surface area (Å²) in [7, 11) is 0. The third-order valence-corrected chi connectivity index (χ3v) is 15.1. The molecule has 0 radical (unpaired) electrons. The number of benzene rings is 12. The normalized spacial score (nSPS) is 12.5. The monoisotopic (exact) mass is 832 g/mol.